The maximum atomic E-state index is 11.0. The third-order valence-electron chi connectivity index (χ3n) is 3.18. The van der Waals surface area contributed by atoms with E-state index in [-0.39, 0.29) is 5.97 Å². The molecule has 0 saturated heterocycles. The zero-order chi connectivity index (χ0) is 16.0. The highest BCUT2D eigenvalue weighted by atomic mass is 16.5. The molecule has 5 heteroatoms. The van der Waals surface area contributed by atoms with Crippen molar-refractivity contribution in [3.63, 3.8) is 0 Å². The molecule has 2 N–H and O–H groups in total. The van der Waals surface area contributed by atoms with Gasteiger partial charge in [-0.2, -0.15) is 0 Å². The second kappa shape index (κ2) is 11.6. The van der Waals surface area contributed by atoms with Crippen molar-refractivity contribution in [3.05, 3.63) is 35.9 Å². The molecule has 0 aromatic heterocycles. The van der Waals surface area contributed by atoms with Crippen LogP contribution in [0.15, 0.2) is 35.3 Å². The van der Waals surface area contributed by atoms with E-state index in [9.17, 15) is 4.79 Å². The molecule has 1 aromatic rings. The predicted molar refractivity (Wildman–Crippen MR) is 90.0 cm³/mol. The van der Waals surface area contributed by atoms with E-state index >= 15 is 0 Å². The summed E-state index contributed by atoms with van der Waals surface area (Å²) in [6.45, 7) is 4.43. The van der Waals surface area contributed by atoms with Crippen LogP contribution in [0.4, 0.5) is 0 Å². The molecule has 0 atom stereocenters. The lowest BCUT2D eigenvalue weighted by atomic mass is 10.1. The van der Waals surface area contributed by atoms with Gasteiger partial charge in [-0.15, -0.1) is 0 Å². The second-order valence-corrected chi connectivity index (χ2v) is 4.96. The fourth-order valence-electron chi connectivity index (χ4n) is 1.99. The lowest BCUT2D eigenvalue weighted by Gasteiger charge is -2.11. The van der Waals surface area contributed by atoms with Gasteiger partial charge < -0.3 is 15.4 Å². The normalized spacial score (nSPS) is 11.1. The van der Waals surface area contributed by atoms with Gasteiger partial charge in [-0.1, -0.05) is 30.3 Å². The first-order chi connectivity index (χ1) is 10.8. The Labute approximate surface area is 133 Å². The number of hydrogen-bond donors (Lipinski definition) is 2. The van der Waals surface area contributed by atoms with Crippen LogP contribution in [0.2, 0.25) is 0 Å². The molecule has 1 aromatic carbocycles. The number of guanidine groups is 1. The van der Waals surface area contributed by atoms with Crippen LogP contribution in [0.25, 0.3) is 0 Å². The summed E-state index contributed by atoms with van der Waals surface area (Å²) in [5.41, 5.74) is 1.31. The Bertz CT molecular complexity index is 446. The van der Waals surface area contributed by atoms with Crippen LogP contribution >= 0.6 is 0 Å². The van der Waals surface area contributed by atoms with Gasteiger partial charge in [-0.05, 0) is 31.7 Å². The fourth-order valence-corrected chi connectivity index (χ4v) is 1.99. The van der Waals surface area contributed by atoms with Crippen molar-refractivity contribution in [2.45, 2.75) is 32.6 Å². The van der Waals surface area contributed by atoms with Crippen molar-refractivity contribution in [2.75, 3.05) is 26.7 Å². The topological polar surface area (TPSA) is 62.7 Å². The van der Waals surface area contributed by atoms with Crippen LogP contribution in [-0.2, 0) is 16.0 Å². The number of benzene rings is 1. The number of ether oxygens (including phenoxy) is 1. The Hall–Kier alpha value is -2.04. The number of esters is 1. The van der Waals surface area contributed by atoms with Gasteiger partial charge in [-0.25, -0.2) is 0 Å². The molecule has 0 spiro atoms. The summed E-state index contributed by atoms with van der Waals surface area (Å²) < 4.78 is 4.61. The first-order valence-electron chi connectivity index (χ1n) is 7.89. The summed E-state index contributed by atoms with van der Waals surface area (Å²) in [4.78, 5) is 15.5. The molecule has 1 rings (SSSR count). The van der Waals surface area contributed by atoms with E-state index in [1.54, 1.807) is 0 Å². The van der Waals surface area contributed by atoms with E-state index < -0.39 is 0 Å². The third kappa shape index (κ3) is 8.29. The van der Waals surface area contributed by atoms with E-state index in [1.165, 1.54) is 12.7 Å². The molecule has 0 radical (unpaired) electrons. The van der Waals surface area contributed by atoms with Crippen molar-refractivity contribution in [3.8, 4) is 0 Å². The zero-order valence-electron chi connectivity index (χ0n) is 13.6. The standard InChI is InChI=1S/C17H27N3O2/c1-3-18-17(19-13-8-7-11-16(21)22-2)20-14-12-15-9-5-4-6-10-15/h4-6,9-10H,3,7-8,11-14H2,1-2H3,(H2,18,19,20). The van der Waals surface area contributed by atoms with Gasteiger partial charge in [0.1, 0.15) is 0 Å². The highest BCUT2D eigenvalue weighted by molar-refractivity contribution is 5.79. The van der Waals surface area contributed by atoms with Crippen molar-refractivity contribution in [1.29, 1.82) is 0 Å². The quantitative estimate of drug-likeness (QED) is 0.317. The Morgan fingerprint density at radius 1 is 1.18 bits per heavy atom. The Kier molecular flexibility index (Phi) is 9.50. The van der Waals surface area contributed by atoms with Gasteiger partial charge in [0.2, 0.25) is 0 Å². The fraction of sp³-hybridized carbons (Fsp3) is 0.529. The number of nitrogens with one attached hydrogen (secondary N) is 2. The highest BCUT2D eigenvalue weighted by Crippen LogP contribution is 1.99. The number of carbonyl (C=O) groups is 1. The molecule has 5 nitrogen and oxygen atoms in total. The number of aliphatic imine (C=N–C) groups is 1. The van der Waals surface area contributed by atoms with E-state index in [4.69, 9.17) is 0 Å². The maximum Gasteiger partial charge on any atom is 0.305 e. The predicted octanol–water partition coefficient (Wildman–Crippen LogP) is 2.13. The van der Waals surface area contributed by atoms with Crippen LogP contribution in [-0.4, -0.2) is 38.7 Å². The summed E-state index contributed by atoms with van der Waals surface area (Å²) in [7, 11) is 1.42. The molecule has 0 bridgehead atoms. The molecule has 0 fully saturated rings. The summed E-state index contributed by atoms with van der Waals surface area (Å²) in [6, 6.07) is 10.4. The zero-order valence-corrected chi connectivity index (χ0v) is 13.6. The van der Waals surface area contributed by atoms with E-state index in [0.29, 0.717) is 13.0 Å². The molecule has 0 heterocycles. The van der Waals surface area contributed by atoms with Crippen molar-refractivity contribution >= 4 is 11.9 Å². The molecule has 22 heavy (non-hydrogen) atoms. The van der Waals surface area contributed by atoms with Crippen molar-refractivity contribution in [1.82, 2.24) is 10.6 Å². The van der Waals surface area contributed by atoms with Crippen LogP contribution in [0.5, 0.6) is 0 Å². The van der Waals surface area contributed by atoms with Gasteiger partial charge in [0.15, 0.2) is 5.96 Å². The number of unbranched alkanes of at least 4 members (excludes halogenated alkanes) is 1. The molecular weight excluding hydrogens is 278 g/mol. The number of rotatable bonds is 9. The van der Waals surface area contributed by atoms with Gasteiger partial charge in [-0.3, -0.25) is 9.79 Å². The maximum absolute atomic E-state index is 11.0. The Morgan fingerprint density at radius 2 is 1.95 bits per heavy atom. The molecular formula is C17H27N3O2. The molecule has 0 aliphatic carbocycles. The van der Waals surface area contributed by atoms with Gasteiger partial charge in [0.25, 0.3) is 0 Å². The summed E-state index contributed by atoms with van der Waals surface area (Å²) in [6.07, 6.45) is 3.11. The minimum Gasteiger partial charge on any atom is -0.469 e. The van der Waals surface area contributed by atoms with Crippen molar-refractivity contribution < 1.29 is 9.53 Å². The van der Waals surface area contributed by atoms with Crippen molar-refractivity contribution in [2.24, 2.45) is 4.99 Å². The largest absolute Gasteiger partial charge is 0.469 e. The minimum atomic E-state index is -0.156. The van der Waals surface area contributed by atoms with Gasteiger partial charge in [0.05, 0.1) is 7.11 Å². The first kappa shape index (κ1) is 18.0. The monoisotopic (exact) mass is 305 g/mol. The van der Waals surface area contributed by atoms with E-state index in [2.05, 4.69) is 44.6 Å². The lowest BCUT2D eigenvalue weighted by molar-refractivity contribution is -0.140. The lowest BCUT2D eigenvalue weighted by Crippen LogP contribution is -2.38. The molecule has 0 aliphatic heterocycles. The highest BCUT2D eigenvalue weighted by Gasteiger charge is 2.00. The smallest absolute Gasteiger partial charge is 0.305 e. The SMILES string of the molecule is CCNC(=NCCCCC(=O)OC)NCCc1ccccc1. The first-order valence-corrected chi connectivity index (χ1v) is 7.89. The molecule has 0 amide bonds. The van der Waals surface area contributed by atoms with E-state index in [1.807, 2.05) is 13.0 Å². The van der Waals surface area contributed by atoms with Crippen LogP contribution < -0.4 is 10.6 Å². The number of carbonyl (C=O) groups excluding carboxylic acids is 1. The average Bonchev–Trinajstić information content (AvgIpc) is 2.55. The van der Waals surface area contributed by atoms with Crippen LogP contribution in [0.3, 0.4) is 0 Å². The summed E-state index contributed by atoms with van der Waals surface area (Å²) in [5, 5.41) is 6.55. The third-order valence-corrected chi connectivity index (χ3v) is 3.18. The molecule has 0 unspecified atom stereocenters. The minimum absolute atomic E-state index is 0.156. The second-order valence-electron chi connectivity index (χ2n) is 4.96. The van der Waals surface area contributed by atoms with Gasteiger partial charge >= 0.3 is 5.97 Å². The Morgan fingerprint density at radius 3 is 2.64 bits per heavy atom. The Balaban J connectivity index is 2.25. The van der Waals surface area contributed by atoms with Gasteiger partial charge in [0, 0.05) is 26.1 Å². The van der Waals surface area contributed by atoms with Crippen LogP contribution in [0.1, 0.15) is 31.7 Å². The number of methoxy groups -OCH3 is 1. The van der Waals surface area contributed by atoms with E-state index in [0.717, 1.165) is 38.3 Å². The summed E-state index contributed by atoms with van der Waals surface area (Å²) in [5.74, 6) is 0.674. The summed E-state index contributed by atoms with van der Waals surface area (Å²) >= 11 is 0. The number of hydrogen-bond acceptors (Lipinski definition) is 3. The molecule has 0 saturated carbocycles. The van der Waals surface area contributed by atoms with Crippen LogP contribution in [0, 0.1) is 0 Å². The average molecular weight is 305 g/mol. The molecule has 0 aliphatic rings. The molecule has 122 valence electrons. The number of nitrogens with zero attached hydrogens (tertiary/aromatic N) is 1.